The Morgan fingerprint density at radius 1 is 0.935 bits per heavy atom. The van der Waals surface area contributed by atoms with E-state index in [1.807, 2.05) is 6.92 Å². The Labute approximate surface area is 182 Å². The average Bonchev–Trinajstić information content (AvgIpc) is 2.77. The Morgan fingerprint density at radius 3 is 2.26 bits per heavy atom. The van der Waals surface area contributed by atoms with E-state index < -0.39 is 5.97 Å². The summed E-state index contributed by atoms with van der Waals surface area (Å²) in [5.74, 6) is -0.248. The lowest BCUT2D eigenvalue weighted by Crippen LogP contribution is -2.07. The largest absolute Gasteiger partial charge is 0.490 e. The first-order valence-electron chi connectivity index (χ1n) is 10.3. The highest BCUT2D eigenvalue weighted by molar-refractivity contribution is 6.00. The number of hydrogen-bond donors (Lipinski definition) is 1. The number of hydrogen-bond acceptors (Lipinski definition) is 4. The smallest absolute Gasteiger partial charge is 0.307 e. The zero-order valence-corrected chi connectivity index (χ0v) is 17.9. The predicted molar refractivity (Wildman–Crippen MR) is 123 cm³/mol. The molecular formula is C26H27NO4. The number of rotatable bonds is 10. The Kier molecular flexibility index (Phi) is 7.82. The number of aliphatic carboxylic acids is 1. The van der Waals surface area contributed by atoms with Gasteiger partial charge in [-0.2, -0.15) is 0 Å². The third-order valence-electron chi connectivity index (χ3n) is 4.81. The standard InChI is InChI=1S/C26H27NO4/c1-3-25(23-13-11-22(12-14-23)21-9-7-19(2)8-10-21)27-31-16-15-30-24-6-4-5-20(17-24)18-26(28)29/h4-14,17H,3,15-16,18H2,1-2H3,(H,28,29). The van der Waals surface area contributed by atoms with E-state index in [-0.39, 0.29) is 6.42 Å². The average molecular weight is 418 g/mol. The van der Waals surface area contributed by atoms with Crippen molar-refractivity contribution in [2.75, 3.05) is 13.2 Å². The molecular weight excluding hydrogens is 390 g/mol. The molecule has 0 saturated carbocycles. The number of carbonyl (C=O) groups is 1. The molecule has 0 aliphatic rings. The Morgan fingerprint density at radius 2 is 1.61 bits per heavy atom. The van der Waals surface area contributed by atoms with Gasteiger partial charge in [0.05, 0.1) is 12.1 Å². The molecule has 3 aromatic carbocycles. The second-order valence-electron chi connectivity index (χ2n) is 7.23. The van der Waals surface area contributed by atoms with E-state index in [9.17, 15) is 4.79 Å². The van der Waals surface area contributed by atoms with Crippen LogP contribution < -0.4 is 4.74 Å². The fraction of sp³-hybridized carbons (Fsp3) is 0.231. The predicted octanol–water partition coefficient (Wildman–Crippen LogP) is 5.50. The minimum atomic E-state index is -0.867. The van der Waals surface area contributed by atoms with Crippen LogP contribution in [0.2, 0.25) is 0 Å². The molecule has 0 amide bonds. The van der Waals surface area contributed by atoms with Gasteiger partial charge in [0.15, 0.2) is 6.61 Å². The van der Waals surface area contributed by atoms with Crippen molar-refractivity contribution in [3.63, 3.8) is 0 Å². The van der Waals surface area contributed by atoms with Gasteiger partial charge < -0.3 is 14.7 Å². The fourth-order valence-electron chi connectivity index (χ4n) is 3.16. The SMILES string of the molecule is CCC(=NOCCOc1cccc(CC(=O)O)c1)c1ccc(-c2ccc(C)cc2)cc1. The van der Waals surface area contributed by atoms with Gasteiger partial charge in [-0.05, 0) is 47.7 Å². The molecule has 0 aliphatic heterocycles. The van der Waals surface area contributed by atoms with E-state index >= 15 is 0 Å². The van der Waals surface area contributed by atoms with Crippen molar-refractivity contribution in [2.45, 2.75) is 26.7 Å². The monoisotopic (exact) mass is 417 g/mol. The van der Waals surface area contributed by atoms with Crippen LogP contribution in [0.5, 0.6) is 5.75 Å². The molecule has 31 heavy (non-hydrogen) atoms. The second-order valence-corrected chi connectivity index (χ2v) is 7.23. The summed E-state index contributed by atoms with van der Waals surface area (Å²) in [6.07, 6.45) is 0.725. The molecule has 3 aromatic rings. The fourth-order valence-corrected chi connectivity index (χ4v) is 3.16. The summed E-state index contributed by atoms with van der Waals surface area (Å²) in [6, 6.07) is 23.8. The van der Waals surface area contributed by atoms with Crippen LogP contribution in [0.25, 0.3) is 11.1 Å². The van der Waals surface area contributed by atoms with Crippen molar-refractivity contribution in [1.82, 2.24) is 0 Å². The van der Waals surface area contributed by atoms with E-state index in [1.54, 1.807) is 24.3 Å². The molecule has 0 heterocycles. The van der Waals surface area contributed by atoms with Gasteiger partial charge in [0, 0.05) is 0 Å². The molecule has 0 unspecified atom stereocenters. The maximum Gasteiger partial charge on any atom is 0.307 e. The number of aryl methyl sites for hydroxylation is 1. The number of ether oxygens (including phenoxy) is 1. The van der Waals surface area contributed by atoms with Crippen LogP contribution in [-0.2, 0) is 16.1 Å². The lowest BCUT2D eigenvalue weighted by Gasteiger charge is -2.09. The molecule has 0 spiro atoms. The van der Waals surface area contributed by atoms with Gasteiger partial charge >= 0.3 is 5.97 Å². The molecule has 5 nitrogen and oxygen atoms in total. The van der Waals surface area contributed by atoms with Crippen LogP contribution in [0.3, 0.4) is 0 Å². The molecule has 0 saturated heterocycles. The van der Waals surface area contributed by atoms with Gasteiger partial charge in [-0.3, -0.25) is 4.79 Å². The topological polar surface area (TPSA) is 68.1 Å². The maximum atomic E-state index is 10.8. The summed E-state index contributed by atoms with van der Waals surface area (Å²) in [7, 11) is 0. The molecule has 0 atom stereocenters. The Balaban J connectivity index is 1.52. The van der Waals surface area contributed by atoms with Crippen LogP contribution >= 0.6 is 0 Å². The highest BCUT2D eigenvalue weighted by Gasteiger charge is 2.05. The summed E-state index contributed by atoms with van der Waals surface area (Å²) >= 11 is 0. The van der Waals surface area contributed by atoms with Crippen molar-refractivity contribution in [2.24, 2.45) is 5.16 Å². The molecule has 1 N–H and O–H groups in total. The highest BCUT2D eigenvalue weighted by Crippen LogP contribution is 2.21. The summed E-state index contributed by atoms with van der Waals surface area (Å²) in [6.45, 7) is 4.75. The maximum absolute atomic E-state index is 10.8. The van der Waals surface area contributed by atoms with E-state index in [4.69, 9.17) is 14.7 Å². The zero-order valence-electron chi connectivity index (χ0n) is 17.9. The number of carboxylic acid groups (broad SMARTS) is 1. The Bertz CT molecular complexity index is 1020. The summed E-state index contributed by atoms with van der Waals surface area (Å²) in [5.41, 5.74) is 6.20. The molecule has 160 valence electrons. The number of nitrogens with zero attached hydrogens (tertiary/aromatic N) is 1. The van der Waals surface area contributed by atoms with Crippen molar-refractivity contribution >= 4 is 11.7 Å². The van der Waals surface area contributed by atoms with Crippen molar-refractivity contribution in [3.05, 3.63) is 89.5 Å². The third-order valence-corrected chi connectivity index (χ3v) is 4.81. The molecule has 0 bridgehead atoms. The first-order chi connectivity index (χ1) is 15.0. The first-order valence-corrected chi connectivity index (χ1v) is 10.3. The van der Waals surface area contributed by atoms with E-state index in [2.05, 4.69) is 60.6 Å². The molecule has 0 aromatic heterocycles. The second kappa shape index (κ2) is 11.0. The highest BCUT2D eigenvalue weighted by atomic mass is 16.6. The van der Waals surface area contributed by atoms with Crippen LogP contribution in [0.4, 0.5) is 0 Å². The van der Waals surface area contributed by atoms with Crippen molar-refractivity contribution in [3.8, 4) is 16.9 Å². The first kappa shape index (κ1) is 22.1. The van der Waals surface area contributed by atoms with Gasteiger partial charge in [-0.1, -0.05) is 78.3 Å². The summed E-state index contributed by atoms with van der Waals surface area (Å²) in [5, 5.41) is 13.2. The normalized spacial score (nSPS) is 11.2. The van der Waals surface area contributed by atoms with Crippen molar-refractivity contribution in [1.29, 1.82) is 0 Å². The van der Waals surface area contributed by atoms with Gasteiger partial charge in [-0.15, -0.1) is 0 Å². The van der Waals surface area contributed by atoms with E-state index in [0.29, 0.717) is 24.5 Å². The molecule has 0 fully saturated rings. The minimum Gasteiger partial charge on any atom is -0.490 e. The summed E-state index contributed by atoms with van der Waals surface area (Å²) in [4.78, 5) is 16.3. The number of oxime groups is 1. The lowest BCUT2D eigenvalue weighted by molar-refractivity contribution is -0.136. The Hall–Kier alpha value is -3.60. The quantitative estimate of drug-likeness (QED) is 0.269. The van der Waals surface area contributed by atoms with Gasteiger partial charge in [0.1, 0.15) is 12.4 Å². The van der Waals surface area contributed by atoms with Crippen LogP contribution in [0.1, 0.15) is 30.0 Å². The summed E-state index contributed by atoms with van der Waals surface area (Å²) < 4.78 is 5.64. The van der Waals surface area contributed by atoms with E-state index in [0.717, 1.165) is 17.7 Å². The van der Waals surface area contributed by atoms with Gasteiger partial charge in [-0.25, -0.2) is 0 Å². The van der Waals surface area contributed by atoms with Gasteiger partial charge in [0.2, 0.25) is 0 Å². The van der Waals surface area contributed by atoms with Crippen LogP contribution in [0, 0.1) is 6.92 Å². The number of carboxylic acids is 1. The molecule has 3 rings (SSSR count). The molecule has 5 heteroatoms. The van der Waals surface area contributed by atoms with E-state index in [1.165, 1.54) is 16.7 Å². The number of benzene rings is 3. The van der Waals surface area contributed by atoms with Crippen molar-refractivity contribution < 1.29 is 19.5 Å². The zero-order chi connectivity index (χ0) is 22.1. The van der Waals surface area contributed by atoms with Crippen LogP contribution in [0.15, 0.2) is 78.0 Å². The lowest BCUT2D eigenvalue weighted by atomic mass is 10.0. The third kappa shape index (κ3) is 6.71. The molecule has 0 aliphatic carbocycles. The molecule has 0 radical (unpaired) electrons. The van der Waals surface area contributed by atoms with Gasteiger partial charge in [0.25, 0.3) is 0 Å². The minimum absolute atomic E-state index is 0.0272. The van der Waals surface area contributed by atoms with Crippen LogP contribution in [-0.4, -0.2) is 30.0 Å².